The molecule has 0 atom stereocenters. The fourth-order valence-electron chi connectivity index (χ4n) is 1.76. The van der Waals surface area contributed by atoms with Gasteiger partial charge in [0.25, 0.3) is 0 Å². The van der Waals surface area contributed by atoms with Crippen molar-refractivity contribution in [1.82, 2.24) is 0 Å². The molecule has 2 aromatic rings. The lowest BCUT2D eigenvalue weighted by Crippen LogP contribution is -2.15. The molecule has 0 saturated carbocycles. The number of ketones is 1. The molecule has 22 heavy (non-hydrogen) atoms. The Morgan fingerprint density at radius 2 is 1.68 bits per heavy atom. The van der Waals surface area contributed by atoms with Gasteiger partial charge >= 0.3 is 5.97 Å². The first-order valence-corrected chi connectivity index (χ1v) is 7.31. The van der Waals surface area contributed by atoms with Crippen LogP contribution in [0.25, 0.3) is 0 Å². The zero-order valence-electron chi connectivity index (χ0n) is 11.9. The third kappa shape index (κ3) is 4.30. The summed E-state index contributed by atoms with van der Waals surface area (Å²) in [5.74, 6) is -0.877. The van der Waals surface area contributed by atoms with Gasteiger partial charge in [-0.2, -0.15) is 0 Å². The summed E-state index contributed by atoms with van der Waals surface area (Å²) in [6.07, 6.45) is 1.24. The van der Waals surface area contributed by atoms with Gasteiger partial charge in [0.2, 0.25) is 0 Å². The third-order valence-corrected chi connectivity index (χ3v) is 3.39. The highest BCUT2D eigenvalue weighted by atomic mass is 79.9. The maximum Gasteiger partial charge on any atom is 0.354 e. The van der Waals surface area contributed by atoms with Crippen LogP contribution in [0.4, 0.5) is 5.69 Å². The maximum atomic E-state index is 12.2. The number of anilines is 1. The molecule has 0 amide bonds. The van der Waals surface area contributed by atoms with E-state index in [1.807, 2.05) is 18.2 Å². The third-order valence-electron chi connectivity index (χ3n) is 2.86. The number of hydrogen-bond acceptors (Lipinski definition) is 4. The summed E-state index contributed by atoms with van der Waals surface area (Å²) in [6.45, 7) is 0. The summed E-state index contributed by atoms with van der Waals surface area (Å²) >= 11 is 3.34. The van der Waals surface area contributed by atoms with Crippen molar-refractivity contribution in [2.24, 2.45) is 0 Å². The second kappa shape index (κ2) is 7.56. The van der Waals surface area contributed by atoms with Gasteiger partial charge in [-0.1, -0.05) is 46.3 Å². The Kier molecular flexibility index (Phi) is 5.49. The number of nitrogens with one attached hydrogen (secondary N) is 1. The fraction of sp³-hybridized carbons (Fsp3) is 0.0588. The van der Waals surface area contributed by atoms with E-state index in [4.69, 9.17) is 4.74 Å². The number of esters is 1. The van der Waals surface area contributed by atoms with Crippen molar-refractivity contribution in [3.8, 4) is 0 Å². The number of ether oxygens (including phenoxy) is 1. The number of halogens is 1. The predicted octanol–water partition coefficient (Wildman–Crippen LogP) is 3.80. The summed E-state index contributed by atoms with van der Waals surface area (Å²) in [5, 5.41) is 2.90. The number of carbonyl (C=O) groups is 2. The molecule has 0 aliphatic carbocycles. The molecule has 0 fully saturated rings. The first-order chi connectivity index (χ1) is 10.6. The van der Waals surface area contributed by atoms with E-state index >= 15 is 0 Å². The molecule has 2 rings (SSSR count). The molecule has 0 aliphatic rings. The van der Waals surface area contributed by atoms with Crippen LogP contribution in [0.2, 0.25) is 0 Å². The molecule has 0 radical (unpaired) electrons. The molecule has 2 aromatic carbocycles. The zero-order chi connectivity index (χ0) is 15.9. The summed E-state index contributed by atoms with van der Waals surface area (Å²) in [4.78, 5) is 24.0. The molecule has 0 heterocycles. The van der Waals surface area contributed by atoms with Crippen LogP contribution >= 0.6 is 15.9 Å². The maximum absolute atomic E-state index is 12.2. The summed E-state index contributed by atoms with van der Waals surface area (Å²) < 4.78 is 5.63. The van der Waals surface area contributed by atoms with Gasteiger partial charge in [0.1, 0.15) is 5.70 Å². The van der Waals surface area contributed by atoms with Crippen molar-refractivity contribution in [1.29, 1.82) is 0 Å². The van der Waals surface area contributed by atoms with Crippen LogP contribution in [0, 0.1) is 0 Å². The predicted molar refractivity (Wildman–Crippen MR) is 88.6 cm³/mol. The van der Waals surface area contributed by atoms with E-state index in [9.17, 15) is 9.59 Å². The van der Waals surface area contributed by atoms with Gasteiger partial charge < -0.3 is 10.1 Å². The van der Waals surface area contributed by atoms with E-state index in [0.29, 0.717) is 11.3 Å². The molecule has 0 unspecified atom stereocenters. The lowest BCUT2D eigenvalue weighted by atomic mass is 10.1. The highest BCUT2D eigenvalue weighted by Gasteiger charge is 2.13. The van der Waals surface area contributed by atoms with Gasteiger partial charge in [-0.15, -0.1) is 0 Å². The Morgan fingerprint density at radius 1 is 1.05 bits per heavy atom. The van der Waals surface area contributed by atoms with Gasteiger partial charge in [-0.3, -0.25) is 4.79 Å². The number of methoxy groups -OCH3 is 1. The first-order valence-electron chi connectivity index (χ1n) is 6.52. The monoisotopic (exact) mass is 359 g/mol. The minimum atomic E-state index is -0.604. The zero-order valence-corrected chi connectivity index (χ0v) is 13.5. The number of allylic oxidation sites excluding steroid dienone is 1. The van der Waals surface area contributed by atoms with Gasteiger partial charge in [0.05, 0.1) is 7.11 Å². The highest BCUT2D eigenvalue weighted by molar-refractivity contribution is 9.10. The average Bonchev–Trinajstić information content (AvgIpc) is 2.56. The minimum absolute atomic E-state index is 0.0821. The number of rotatable bonds is 5. The van der Waals surface area contributed by atoms with Crippen molar-refractivity contribution in [3.05, 3.63) is 76.4 Å². The van der Waals surface area contributed by atoms with E-state index in [0.717, 1.165) is 4.47 Å². The Morgan fingerprint density at radius 3 is 2.27 bits per heavy atom. The van der Waals surface area contributed by atoms with Gasteiger partial charge in [-0.05, 0) is 24.3 Å². The van der Waals surface area contributed by atoms with Crippen LogP contribution < -0.4 is 5.32 Å². The molecule has 0 aliphatic heterocycles. The van der Waals surface area contributed by atoms with E-state index in [2.05, 4.69) is 21.2 Å². The molecule has 5 heteroatoms. The van der Waals surface area contributed by atoms with Crippen molar-refractivity contribution < 1.29 is 14.3 Å². The lowest BCUT2D eigenvalue weighted by molar-refractivity contribution is -0.135. The van der Waals surface area contributed by atoms with Crippen LogP contribution in [-0.4, -0.2) is 18.9 Å². The molecule has 0 saturated heterocycles. The van der Waals surface area contributed by atoms with Crippen LogP contribution in [0.5, 0.6) is 0 Å². The van der Waals surface area contributed by atoms with Crippen LogP contribution in [0.1, 0.15) is 10.4 Å². The number of benzene rings is 2. The normalized spacial score (nSPS) is 10.9. The Hall–Kier alpha value is -2.40. The summed E-state index contributed by atoms with van der Waals surface area (Å²) in [5.41, 5.74) is 1.26. The molecular formula is C17H14BrNO3. The van der Waals surface area contributed by atoms with Crippen molar-refractivity contribution in [2.75, 3.05) is 12.4 Å². The number of carbonyl (C=O) groups excluding carboxylic acids is 2. The SMILES string of the molecule is COC(=O)/C(=C/C(=O)c1ccccc1)Nc1ccc(Br)cc1. The van der Waals surface area contributed by atoms with Crippen molar-refractivity contribution in [3.63, 3.8) is 0 Å². The molecule has 112 valence electrons. The largest absolute Gasteiger partial charge is 0.464 e. The Labute approximate surface area is 136 Å². The number of hydrogen-bond donors (Lipinski definition) is 1. The molecule has 0 aromatic heterocycles. The smallest absolute Gasteiger partial charge is 0.354 e. The fourth-order valence-corrected chi connectivity index (χ4v) is 2.03. The van der Waals surface area contributed by atoms with E-state index in [1.54, 1.807) is 36.4 Å². The lowest BCUT2D eigenvalue weighted by Gasteiger charge is -2.09. The Bertz CT molecular complexity index is 694. The molecule has 0 bridgehead atoms. The van der Waals surface area contributed by atoms with Crippen LogP contribution in [0.3, 0.4) is 0 Å². The highest BCUT2D eigenvalue weighted by Crippen LogP contribution is 2.16. The molecule has 1 N–H and O–H groups in total. The Balaban J connectivity index is 2.26. The van der Waals surface area contributed by atoms with Gasteiger partial charge in [-0.25, -0.2) is 4.79 Å². The van der Waals surface area contributed by atoms with E-state index in [1.165, 1.54) is 13.2 Å². The van der Waals surface area contributed by atoms with Gasteiger partial charge in [0, 0.05) is 21.8 Å². The average molecular weight is 360 g/mol. The second-order valence-electron chi connectivity index (χ2n) is 4.41. The van der Waals surface area contributed by atoms with Crippen molar-refractivity contribution in [2.45, 2.75) is 0 Å². The summed E-state index contributed by atoms with van der Waals surface area (Å²) in [6, 6.07) is 16.0. The van der Waals surface area contributed by atoms with E-state index in [-0.39, 0.29) is 11.5 Å². The minimum Gasteiger partial charge on any atom is -0.464 e. The summed E-state index contributed by atoms with van der Waals surface area (Å²) in [7, 11) is 1.27. The quantitative estimate of drug-likeness (QED) is 0.501. The van der Waals surface area contributed by atoms with Crippen molar-refractivity contribution >= 4 is 33.4 Å². The van der Waals surface area contributed by atoms with Crippen LogP contribution in [-0.2, 0) is 9.53 Å². The van der Waals surface area contributed by atoms with Crippen LogP contribution in [0.15, 0.2) is 70.8 Å². The molecular weight excluding hydrogens is 346 g/mol. The van der Waals surface area contributed by atoms with Gasteiger partial charge in [0.15, 0.2) is 5.78 Å². The molecule has 4 nitrogen and oxygen atoms in total. The topological polar surface area (TPSA) is 55.4 Å². The van der Waals surface area contributed by atoms with E-state index < -0.39 is 5.97 Å². The molecule has 0 spiro atoms. The second-order valence-corrected chi connectivity index (χ2v) is 5.33. The standard InChI is InChI=1S/C17H14BrNO3/c1-22-17(21)15(19-14-9-7-13(18)8-10-14)11-16(20)12-5-3-2-4-6-12/h2-11,19H,1H3/b15-11-. The first kappa shape index (κ1) is 16.0.